The van der Waals surface area contributed by atoms with E-state index in [0.29, 0.717) is 21.3 Å². The van der Waals surface area contributed by atoms with E-state index in [1.807, 2.05) is 6.26 Å². The van der Waals surface area contributed by atoms with Crippen molar-refractivity contribution in [3.05, 3.63) is 4.47 Å². The van der Waals surface area contributed by atoms with E-state index >= 15 is 0 Å². The maximum absolute atomic E-state index is 5.58. The molecule has 0 aliphatic carbocycles. The molecule has 0 aromatic carbocycles. The van der Waals surface area contributed by atoms with Crippen LogP contribution in [0.25, 0.3) is 0 Å². The molecule has 0 bridgehead atoms. The highest BCUT2D eigenvalue weighted by Gasteiger charge is 2.08. The summed E-state index contributed by atoms with van der Waals surface area (Å²) in [4.78, 5) is 8.08. The molecule has 12 heavy (non-hydrogen) atoms. The zero-order valence-corrected chi connectivity index (χ0v) is 9.07. The maximum atomic E-state index is 5.58. The van der Waals surface area contributed by atoms with Gasteiger partial charge in [0.05, 0.1) is 7.11 Å². The Labute approximate surface area is 83.0 Å². The molecule has 0 saturated heterocycles. The average molecular weight is 250 g/mol. The molecule has 6 heteroatoms. The molecule has 66 valence electrons. The quantitative estimate of drug-likeness (QED) is 0.637. The minimum absolute atomic E-state index is 0.395. The molecule has 0 atom stereocenters. The predicted molar refractivity (Wildman–Crippen MR) is 52.5 cm³/mol. The van der Waals surface area contributed by atoms with Gasteiger partial charge >= 0.3 is 0 Å². The second-order valence-electron chi connectivity index (χ2n) is 1.92. The van der Waals surface area contributed by atoms with Gasteiger partial charge in [-0.3, -0.25) is 0 Å². The van der Waals surface area contributed by atoms with Gasteiger partial charge in [-0.25, -0.2) is 4.98 Å². The Balaban J connectivity index is 3.19. The van der Waals surface area contributed by atoms with Crippen LogP contribution in [0, 0.1) is 0 Å². The molecule has 0 unspecified atom stereocenters. The fourth-order valence-electron chi connectivity index (χ4n) is 0.649. The summed E-state index contributed by atoms with van der Waals surface area (Å²) in [6.07, 6.45) is 1.88. The molecule has 1 aromatic heterocycles. The number of hydrogen-bond donors (Lipinski definition) is 1. The van der Waals surface area contributed by atoms with Crippen LogP contribution in [0.2, 0.25) is 0 Å². The highest BCUT2D eigenvalue weighted by atomic mass is 79.9. The van der Waals surface area contributed by atoms with Gasteiger partial charge in [0.15, 0.2) is 5.16 Å². The third-order valence-corrected chi connectivity index (χ3v) is 2.50. The Morgan fingerprint density at radius 1 is 1.50 bits per heavy atom. The molecule has 1 aromatic rings. The summed E-state index contributed by atoms with van der Waals surface area (Å²) >= 11 is 4.64. The molecule has 0 fully saturated rings. The largest absolute Gasteiger partial charge is 0.480 e. The monoisotopic (exact) mass is 249 g/mol. The van der Waals surface area contributed by atoms with E-state index in [2.05, 4.69) is 25.9 Å². The zero-order chi connectivity index (χ0) is 9.14. The van der Waals surface area contributed by atoms with Crippen LogP contribution >= 0.6 is 27.7 Å². The molecule has 0 aliphatic rings. The Hall–Kier alpha value is -0.490. The fourth-order valence-corrected chi connectivity index (χ4v) is 1.35. The maximum Gasteiger partial charge on any atom is 0.234 e. The smallest absolute Gasteiger partial charge is 0.234 e. The average Bonchev–Trinajstić information content (AvgIpc) is 2.09. The summed E-state index contributed by atoms with van der Waals surface area (Å²) in [5.41, 5.74) is 5.58. The van der Waals surface area contributed by atoms with Crippen molar-refractivity contribution in [1.29, 1.82) is 0 Å². The van der Waals surface area contributed by atoms with Crippen LogP contribution < -0.4 is 10.5 Å². The number of thioether (sulfide) groups is 1. The lowest BCUT2D eigenvalue weighted by Crippen LogP contribution is -1.99. The van der Waals surface area contributed by atoms with Gasteiger partial charge in [0.25, 0.3) is 0 Å². The molecular formula is C6H8BrN3OS. The number of halogens is 1. The first kappa shape index (κ1) is 9.60. The van der Waals surface area contributed by atoms with Crippen molar-refractivity contribution in [1.82, 2.24) is 9.97 Å². The summed E-state index contributed by atoms with van der Waals surface area (Å²) in [5.74, 6) is 0.859. The molecular weight excluding hydrogens is 242 g/mol. The second kappa shape index (κ2) is 3.95. The standard InChI is InChI=1S/C6H8BrN3OS/c1-11-5-3(7)4(8)9-6(10-5)12-2/h1-2H3,(H2,8,9,10). The lowest BCUT2D eigenvalue weighted by atomic mass is 10.6. The summed E-state index contributed by atoms with van der Waals surface area (Å²) in [6.45, 7) is 0. The van der Waals surface area contributed by atoms with Crippen molar-refractivity contribution in [2.24, 2.45) is 0 Å². The lowest BCUT2D eigenvalue weighted by Gasteiger charge is -2.05. The van der Waals surface area contributed by atoms with Gasteiger partial charge < -0.3 is 10.5 Å². The molecule has 1 heterocycles. The molecule has 0 amide bonds. The third-order valence-electron chi connectivity index (χ3n) is 1.20. The van der Waals surface area contributed by atoms with Crippen LogP contribution in [-0.2, 0) is 0 Å². The lowest BCUT2D eigenvalue weighted by molar-refractivity contribution is 0.390. The van der Waals surface area contributed by atoms with Crippen LogP contribution in [-0.4, -0.2) is 23.3 Å². The van der Waals surface area contributed by atoms with E-state index in [-0.39, 0.29) is 0 Å². The SMILES string of the molecule is COc1nc(SC)nc(N)c1Br. The van der Waals surface area contributed by atoms with Crippen molar-refractivity contribution in [3.63, 3.8) is 0 Å². The number of ether oxygens (including phenoxy) is 1. The third kappa shape index (κ3) is 1.81. The van der Waals surface area contributed by atoms with Crippen LogP contribution in [0.4, 0.5) is 5.82 Å². The minimum atomic E-state index is 0.395. The number of rotatable bonds is 2. The highest BCUT2D eigenvalue weighted by Crippen LogP contribution is 2.28. The van der Waals surface area contributed by atoms with E-state index in [9.17, 15) is 0 Å². The number of nitrogen functional groups attached to an aromatic ring is 1. The first-order valence-electron chi connectivity index (χ1n) is 3.10. The summed E-state index contributed by atoms with van der Waals surface area (Å²) in [6, 6.07) is 0. The molecule has 0 aliphatic heterocycles. The van der Waals surface area contributed by atoms with E-state index in [1.165, 1.54) is 18.9 Å². The van der Waals surface area contributed by atoms with Crippen molar-refractivity contribution in [3.8, 4) is 5.88 Å². The van der Waals surface area contributed by atoms with Gasteiger partial charge in [-0.15, -0.1) is 0 Å². The molecule has 4 nitrogen and oxygen atoms in total. The van der Waals surface area contributed by atoms with Crippen molar-refractivity contribution < 1.29 is 4.74 Å². The van der Waals surface area contributed by atoms with Crippen molar-refractivity contribution >= 4 is 33.5 Å². The molecule has 0 radical (unpaired) electrons. The predicted octanol–water partition coefficient (Wildman–Crippen LogP) is 1.55. The van der Waals surface area contributed by atoms with Crippen LogP contribution in [0.5, 0.6) is 5.88 Å². The topological polar surface area (TPSA) is 61.0 Å². The molecule has 0 spiro atoms. The molecule has 1 rings (SSSR count). The highest BCUT2D eigenvalue weighted by molar-refractivity contribution is 9.10. The van der Waals surface area contributed by atoms with E-state index < -0.39 is 0 Å². The normalized spacial score (nSPS) is 9.92. The van der Waals surface area contributed by atoms with Crippen LogP contribution in [0.3, 0.4) is 0 Å². The minimum Gasteiger partial charge on any atom is -0.480 e. The number of nitrogens with two attached hydrogens (primary N) is 1. The van der Waals surface area contributed by atoms with Gasteiger partial charge in [-0.05, 0) is 22.2 Å². The van der Waals surface area contributed by atoms with Gasteiger partial charge in [0, 0.05) is 0 Å². The van der Waals surface area contributed by atoms with Gasteiger partial charge in [-0.1, -0.05) is 11.8 Å². The Bertz CT molecular complexity index is 294. The number of anilines is 1. The second-order valence-corrected chi connectivity index (χ2v) is 3.49. The molecule has 2 N–H and O–H groups in total. The van der Waals surface area contributed by atoms with E-state index in [4.69, 9.17) is 10.5 Å². The number of nitrogens with zero attached hydrogens (tertiary/aromatic N) is 2. The molecule has 0 saturated carbocycles. The summed E-state index contributed by atoms with van der Waals surface area (Å²) < 4.78 is 5.58. The van der Waals surface area contributed by atoms with Gasteiger partial charge in [-0.2, -0.15) is 4.98 Å². The van der Waals surface area contributed by atoms with E-state index in [1.54, 1.807) is 0 Å². The Morgan fingerprint density at radius 2 is 2.17 bits per heavy atom. The van der Waals surface area contributed by atoms with Crippen LogP contribution in [0.1, 0.15) is 0 Å². The number of aromatic nitrogens is 2. The Morgan fingerprint density at radius 3 is 2.67 bits per heavy atom. The van der Waals surface area contributed by atoms with Crippen molar-refractivity contribution in [2.75, 3.05) is 19.1 Å². The van der Waals surface area contributed by atoms with Gasteiger partial charge in [0.2, 0.25) is 5.88 Å². The first-order chi connectivity index (χ1) is 5.69. The first-order valence-corrected chi connectivity index (χ1v) is 5.11. The number of methoxy groups -OCH3 is 1. The summed E-state index contributed by atoms with van der Waals surface area (Å²) in [5, 5.41) is 0.604. The van der Waals surface area contributed by atoms with E-state index in [0.717, 1.165) is 0 Å². The van der Waals surface area contributed by atoms with Crippen LogP contribution in [0.15, 0.2) is 9.63 Å². The fraction of sp³-hybridized carbons (Fsp3) is 0.333. The Kier molecular flexibility index (Phi) is 3.16. The van der Waals surface area contributed by atoms with Gasteiger partial charge in [0.1, 0.15) is 10.3 Å². The zero-order valence-electron chi connectivity index (χ0n) is 6.67. The summed E-state index contributed by atoms with van der Waals surface area (Å²) in [7, 11) is 1.54. The van der Waals surface area contributed by atoms with Crippen molar-refractivity contribution in [2.45, 2.75) is 5.16 Å². The number of hydrogen-bond acceptors (Lipinski definition) is 5.